The number of carbonyl (C=O) groups excluding carboxylic acids is 1. The Kier molecular flexibility index (Phi) is 7.60. The van der Waals surface area contributed by atoms with Crippen molar-refractivity contribution in [3.63, 3.8) is 0 Å². The third-order valence-electron chi connectivity index (χ3n) is 2.50. The van der Waals surface area contributed by atoms with Gasteiger partial charge in [0, 0.05) is 13.2 Å². The highest BCUT2D eigenvalue weighted by Gasteiger charge is 2.13. The average molecular weight is 285 g/mol. The van der Waals surface area contributed by atoms with Gasteiger partial charge in [-0.25, -0.2) is 4.39 Å². The third kappa shape index (κ3) is 6.49. The van der Waals surface area contributed by atoms with Crippen LogP contribution in [0.4, 0.5) is 4.39 Å². The number of ether oxygens (including phenoxy) is 2. The summed E-state index contributed by atoms with van der Waals surface area (Å²) in [5, 5.41) is 11.2. The molecule has 0 heterocycles. The normalized spacial score (nSPS) is 11.9. The van der Waals surface area contributed by atoms with Crippen molar-refractivity contribution in [3.05, 3.63) is 30.1 Å². The highest BCUT2D eigenvalue weighted by Crippen LogP contribution is 2.12. The Bertz CT molecular complexity index is 397. The Morgan fingerprint density at radius 1 is 1.35 bits per heavy atom. The molecule has 0 spiro atoms. The summed E-state index contributed by atoms with van der Waals surface area (Å²) in [4.78, 5) is 11.7. The van der Waals surface area contributed by atoms with Crippen LogP contribution in [0.1, 0.15) is 13.3 Å². The molecule has 1 unspecified atom stereocenters. The van der Waals surface area contributed by atoms with Crippen LogP contribution in [-0.2, 0) is 9.53 Å². The van der Waals surface area contributed by atoms with Gasteiger partial charge in [-0.1, -0.05) is 0 Å². The Morgan fingerprint density at radius 3 is 2.70 bits per heavy atom. The minimum Gasteiger partial charge on any atom is -0.481 e. The Morgan fingerprint density at radius 2 is 2.05 bits per heavy atom. The van der Waals surface area contributed by atoms with Crippen molar-refractivity contribution in [2.75, 3.05) is 26.4 Å². The third-order valence-corrected chi connectivity index (χ3v) is 2.50. The number of hydrogen-bond donors (Lipinski definition) is 2. The smallest absolute Gasteiger partial charge is 0.260 e. The number of amides is 1. The molecule has 2 N–H and O–H groups in total. The van der Waals surface area contributed by atoms with Gasteiger partial charge in [-0.2, -0.15) is 0 Å². The van der Waals surface area contributed by atoms with Crippen molar-refractivity contribution in [1.29, 1.82) is 0 Å². The second-order valence-electron chi connectivity index (χ2n) is 4.19. The van der Waals surface area contributed by atoms with Crippen LogP contribution >= 0.6 is 0 Å². The molecule has 0 radical (unpaired) electrons. The zero-order valence-electron chi connectivity index (χ0n) is 11.5. The zero-order chi connectivity index (χ0) is 14.8. The molecular formula is C14H20FNO4. The number of rotatable bonds is 9. The molecule has 0 saturated heterocycles. The number of aliphatic hydroxyl groups excluding tert-OH is 1. The molecule has 0 aliphatic rings. The molecule has 0 aliphatic carbocycles. The Labute approximate surface area is 117 Å². The van der Waals surface area contributed by atoms with Crippen molar-refractivity contribution in [2.24, 2.45) is 0 Å². The predicted molar refractivity (Wildman–Crippen MR) is 72.0 cm³/mol. The molecule has 0 fully saturated rings. The second-order valence-corrected chi connectivity index (χ2v) is 4.19. The first kappa shape index (κ1) is 16.4. The lowest BCUT2D eigenvalue weighted by Crippen LogP contribution is -2.37. The lowest BCUT2D eigenvalue weighted by molar-refractivity contribution is -0.127. The SMILES string of the molecule is CC(Oc1ccc(F)cc1)C(=O)NCCCOCCO. The summed E-state index contributed by atoms with van der Waals surface area (Å²) in [5.41, 5.74) is 0. The first-order valence-electron chi connectivity index (χ1n) is 6.52. The van der Waals surface area contributed by atoms with E-state index in [9.17, 15) is 9.18 Å². The summed E-state index contributed by atoms with van der Waals surface area (Å²) >= 11 is 0. The number of carbonyl (C=O) groups is 1. The van der Waals surface area contributed by atoms with E-state index >= 15 is 0 Å². The average Bonchev–Trinajstić information content (AvgIpc) is 2.45. The van der Waals surface area contributed by atoms with Crippen molar-refractivity contribution >= 4 is 5.91 Å². The largest absolute Gasteiger partial charge is 0.481 e. The lowest BCUT2D eigenvalue weighted by Gasteiger charge is -2.14. The van der Waals surface area contributed by atoms with E-state index in [1.165, 1.54) is 24.3 Å². The maximum Gasteiger partial charge on any atom is 0.260 e. The summed E-state index contributed by atoms with van der Waals surface area (Å²) in [7, 11) is 0. The van der Waals surface area contributed by atoms with Crippen LogP contribution in [0.5, 0.6) is 5.75 Å². The number of halogens is 1. The second kappa shape index (κ2) is 9.28. The summed E-state index contributed by atoms with van der Waals surface area (Å²) in [6, 6.07) is 5.50. The van der Waals surface area contributed by atoms with Gasteiger partial charge in [0.15, 0.2) is 6.10 Å². The summed E-state index contributed by atoms with van der Waals surface area (Å²) < 4.78 is 23.2. The lowest BCUT2D eigenvalue weighted by atomic mass is 10.3. The minimum absolute atomic E-state index is 0.00506. The first-order chi connectivity index (χ1) is 9.63. The molecule has 5 nitrogen and oxygen atoms in total. The van der Waals surface area contributed by atoms with Gasteiger partial charge in [-0.05, 0) is 37.6 Å². The van der Waals surface area contributed by atoms with Crippen LogP contribution in [0.25, 0.3) is 0 Å². The predicted octanol–water partition coefficient (Wildman–Crippen LogP) is 1.11. The summed E-state index contributed by atoms with van der Waals surface area (Å²) in [6.45, 7) is 2.88. The van der Waals surface area contributed by atoms with Gasteiger partial charge < -0.3 is 19.9 Å². The van der Waals surface area contributed by atoms with E-state index in [2.05, 4.69) is 5.32 Å². The molecule has 20 heavy (non-hydrogen) atoms. The van der Waals surface area contributed by atoms with Gasteiger partial charge in [-0.3, -0.25) is 4.79 Å². The van der Waals surface area contributed by atoms with Crippen LogP contribution in [0.3, 0.4) is 0 Å². The van der Waals surface area contributed by atoms with E-state index in [1.54, 1.807) is 6.92 Å². The molecule has 6 heteroatoms. The maximum absolute atomic E-state index is 12.7. The molecule has 0 aromatic heterocycles. The molecule has 112 valence electrons. The molecule has 1 atom stereocenters. The number of benzene rings is 1. The van der Waals surface area contributed by atoms with E-state index in [0.29, 0.717) is 31.9 Å². The van der Waals surface area contributed by atoms with Gasteiger partial charge in [-0.15, -0.1) is 0 Å². The summed E-state index contributed by atoms with van der Waals surface area (Å²) in [5.74, 6) is -0.144. The highest BCUT2D eigenvalue weighted by atomic mass is 19.1. The van der Waals surface area contributed by atoms with E-state index in [1.807, 2.05) is 0 Å². The molecule has 0 saturated carbocycles. The quantitative estimate of drug-likeness (QED) is 0.667. The van der Waals surface area contributed by atoms with Crippen LogP contribution < -0.4 is 10.1 Å². The highest BCUT2D eigenvalue weighted by molar-refractivity contribution is 5.80. The van der Waals surface area contributed by atoms with Crippen molar-refractivity contribution < 1.29 is 23.8 Å². The molecule has 0 bridgehead atoms. The number of nitrogens with one attached hydrogen (secondary N) is 1. The molecule has 1 aromatic rings. The molecule has 1 amide bonds. The van der Waals surface area contributed by atoms with Crippen LogP contribution in [0.15, 0.2) is 24.3 Å². The fourth-order valence-electron chi connectivity index (χ4n) is 1.47. The zero-order valence-corrected chi connectivity index (χ0v) is 11.5. The van der Waals surface area contributed by atoms with Gasteiger partial charge in [0.25, 0.3) is 5.91 Å². The molecular weight excluding hydrogens is 265 g/mol. The van der Waals surface area contributed by atoms with Crippen LogP contribution in [0, 0.1) is 5.82 Å². The Hall–Kier alpha value is -1.66. The van der Waals surface area contributed by atoms with Crippen molar-refractivity contribution in [1.82, 2.24) is 5.32 Å². The van der Waals surface area contributed by atoms with Gasteiger partial charge in [0.1, 0.15) is 11.6 Å². The minimum atomic E-state index is -0.654. The van der Waals surface area contributed by atoms with Crippen LogP contribution in [-0.4, -0.2) is 43.5 Å². The fourth-order valence-corrected chi connectivity index (χ4v) is 1.47. The van der Waals surface area contributed by atoms with E-state index < -0.39 is 6.10 Å². The Balaban J connectivity index is 2.20. The standard InChI is InChI=1S/C14H20FNO4/c1-11(20-13-5-3-12(15)4-6-13)14(18)16-7-2-9-19-10-8-17/h3-6,11,17H,2,7-10H2,1H3,(H,16,18). The van der Waals surface area contributed by atoms with Crippen LogP contribution in [0.2, 0.25) is 0 Å². The summed E-state index contributed by atoms with van der Waals surface area (Å²) in [6.07, 6.45) is 0.00785. The van der Waals surface area contributed by atoms with Crippen molar-refractivity contribution in [3.8, 4) is 5.75 Å². The fraction of sp³-hybridized carbons (Fsp3) is 0.500. The van der Waals surface area contributed by atoms with E-state index in [0.717, 1.165) is 0 Å². The molecule has 1 rings (SSSR count). The topological polar surface area (TPSA) is 67.8 Å². The van der Waals surface area contributed by atoms with E-state index in [-0.39, 0.29) is 18.3 Å². The van der Waals surface area contributed by atoms with Crippen molar-refractivity contribution in [2.45, 2.75) is 19.4 Å². The maximum atomic E-state index is 12.7. The molecule has 0 aliphatic heterocycles. The monoisotopic (exact) mass is 285 g/mol. The van der Waals surface area contributed by atoms with Gasteiger partial charge >= 0.3 is 0 Å². The van der Waals surface area contributed by atoms with E-state index in [4.69, 9.17) is 14.6 Å². The molecule has 1 aromatic carbocycles. The number of aliphatic hydroxyl groups is 1. The van der Waals surface area contributed by atoms with Gasteiger partial charge in [0.05, 0.1) is 13.2 Å². The number of hydrogen-bond acceptors (Lipinski definition) is 4. The first-order valence-corrected chi connectivity index (χ1v) is 6.52. The van der Waals surface area contributed by atoms with Gasteiger partial charge in [0.2, 0.25) is 0 Å².